The highest BCUT2D eigenvalue weighted by molar-refractivity contribution is 6.13. The lowest BCUT2D eigenvalue weighted by Gasteiger charge is -2.06. The summed E-state index contributed by atoms with van der Waals surface area (Å²) in [5.74, 6) is -0.544. The lowest BCUT2D eigenvalue weighted by atomic mass is 10.0. The molecule has 0 unspecified atom stereocenters. The van der Waals surface area contributed by atoms with Crippen LogP contribution in [0.4, 0.5) is 0 Å². The van der Waals surface area contributed by atoms with Gasteiger partial charge in [-0.2, -0.15) is 0 Å². The van der Waals surface area contributed by atoms with Gasteiger partial charge in [0.1, 0.15) is 46.0 Å². The SMILES string of the molecule is COC(=O)c1ncccc1O.COC(=O)c1ncccc1OC.COc1ccc(C(=O)CC(=O)c2ncccc2OC)cc1.COc1ccc(C(C)=O)cc1.O=C(O)c1ncccc1O.O=c1cc(-c2ccc(O)cc2)oc2cccnc12. The van der Waals surface area contributed by atoms with E-state index in [9.17, 15) is 38.7 Å². The maximum absolute atomic E-state index is 12.1. The van der Waals surface area contributed by atoms with Crippen LogP contribution in [0.2, 0.25) is 0 Å². The van der Waals surface area contributed by atoms with Crippen LogP contribution in [0.15, 0.2) is 180 Å². The first-order valence-electron chi connectivity index (χ1n) is 24.1. The first-order chi connectivity index (χ1) is 39.9. The topological polar surface area (TPSA) is 333 Å². The van der Waals surface area contributed by atoms with E-state index in [4.69, 9.17) is 38.7 Å². The summed E-state index contributed by atoms with van der Waals surface area (Å²) in [6, 6.07) is 37.2. The number of phenols is 1. The van der Waals surface area contributed by atoms with Crippen LogP contribution in [0.3, 0.4) is 0 Å². The van der Waals surface area contributed by atoms with Crippen molar-refractivity contribution in [2.24, 2.45) is 0 Å². The van der Waals surface area contributed by atoms with Crippen molar-refractivity contribution in [3.8, 4) is 51.6 Å². The third kappa shape index (κ3) is 19.8. The number of phenolic OH excluding ortho intramolecular Hbond substituents is 1. The molecular weight excluding hydrogens is 1080 g/mol. The Bertz CT molecular complexity index is 3670. The summed E-state index contributed by atoms with van der Waals surface area (Å²) in [6.45, 7) is 1.54. The number of ether oxygens (including phenoxy) is 6. The monoisotopic (exact) mass is 1130 g/mol. The highest BCUT2D eigenvalue weighted by Gasteiger charge is 2.19. The number of hydrogen-bond acceptors (Lipinski definition) is 22. The lowest BCUT2D eigenvalue weighted by molar-refractivity contribution is 0.0581. The summed E-state index contributed by atoms with van der Waals surface area (Å²) in [4.78, 5) is 97.8. The van der Waals surface area contributed by atoms with E-state index in [1.165, 1.54) is 83.6 Å². The number of carbonyl (C=O) groups excluding carboxylic acids is 5. The zero-order valence-electron chi connectivity index (χ0n) is 45.6. The molecule has 4 N–H and O–H groups in total. The molecule has 0 aliphatic heterocycles. The molecule has 23 heteroatoms. The number of aromatic carboxylic acids is 1. The number of nitrogens with zero attached hydrogens (tertiary/aromatic N) is 5. The number of ketones is 3. The molecule has 0 spiro atoms. The molecule has 0 saturated carbocycles. The molecule has 0 bridgehead atoms. The van der Waals surface area contributed by atoms with E-state index in [2.05, 4.69) is 34.4 Å². The number of hydrogen-bond donors (Lipinski definition) is 4. The maximum Gasteiger partial charge on any atom is 0.360 e. The van der Waals surface area contributed by atoms with Gasteiger partial charge < -0.3 is 53.3 Å². The van der Waals surface area contributed by atoms with Crippen LogP contribution in [0.5, 0.6) is 40.2 Å². The van der Waals surface area contributed by atoms with Crippen molar-refractivity contribution in [1.82, 2.24) is 24.9 Å². The second kappa shape index (κ2) is 33.2. The van der Waals surface area contributed by atoms with Crippen molar-refractivity contribution in [2.45, 2.75) is 13.3 Å². The van der Waals surface area contributed by atoms with Crippen LogP contribution in [0.1, 0.15) is 76.0 Å². The molecule has 9 rings (SSSR count). The summed E-state index contributed by atoms with van der Waals surface area (Å²) in [6.07, 6.45) is 7.02. The summed E-state index contributed by atoms with van der Waals surface area (Å²) < 4.78 is 34.4. The minimum atomic E-state index is -1.22. The summed E-state index contributed by atoms with van der Waals surface area (Å²) in [5.41, 5.74) is 2.48. The molecule has 6 heterocycles. The third-order valence-electron chi connectivity index (χ3n) is 10.6. The van der Waals surface area contributed by atoms with E-state index in [-0.39, 0.29) is 69.2 Å². The van der Waals surface area contributed by atoms with Crippen LogP contribution in [0, 0.1) is 0 Å². The number of aromatic nitrogens is 5. The fraction of sp³-hybridized carbons (Fsp3) is 0.133. The number of Topliss-reactive ketones (excluding diaryl/α,β-unsaturated/α-hetero) is 3. The molecule has 0 atom stereocenters. The van der Waals surface area contributed by atoms with Gasteiger partial charge in [-0.15, -0.1) is 0 Å². The Kier molecular flexibility index (Phi) is 25.6. The summed E-state index contributed by atoms with van der Waals surface area (Å²) in [7, 11) is 8.62. The molecule has 3 aromatic carbocycles. The molecule has 83 heavy (non-hydrogen) atoms. The molecule has 0 radical (unpaired) electrons. The Morgan fingerprint density at radius 1 is 0.482 bits per heavy atom. The smallest absolute Gasteiger partial charge is 0.360 e. The molecule has 23 nitrogen and oxygen atoms in total. The number of fused-ring (bicyclic) bond motifs is 1. The molecule has 0 saturated heterocycles. The van der Waals surface area contributed by atoms with E-state index in [0.717, 1.165) is 11.3 Å². The van der Waals surface area contributed by atoms with Crippen LogP contribution < -0.4 is 24.4 Å². The molecule has 6 aromatic heterocycles. The van der Waals surface area contributed by atoms with Gasteiger partial charge in [0, 0.05) is 53.7 Å². The number of aromatic hydroxyl groups is 3. The molecule has 428 valence electrons. The Morgan fingerprint density at radius 2 is 0.928 bits per heavy atom. The van der Waals surface area contributed by atoms with Gasteiger partial charge >= 0.3 is 17.9 Å². The van der Waals surface area contributed by atoms with Gasteiger partial charge in [-0.1, -0.05) is 0 Å². The van der Waals surface area contributed by atoms with Crippen LogP contribution in [-0.2, 0) is 9.47 Å². The quantitative estimate of drug-likeness (QED) is 0.0475. The van der Waals surface area contributed by atoms with E-state index in [1.807, 2.05) is 0 Å². The standard InChI is InChI=1S/C16H15NO4.C14H9NO3.C9H10O2.C8H9NO3.C7H7NO3.C6H5NO3/c1-20-12-7-5-11(6-8-12)13(18)10-14(19)16-15(21-2)4-3-9-17-16;16-10-5-3-9(4-6-10)13-8-11(17)14-12(18-13)2-1-7-15-14;1-7(10)8-3-5-9(11-2)6-4-8;1-11-6-4-3-5-9-7(6)8(10)12-2;1-11-7(10)6-5(9)3-2-4-8-6;8-4-2-1-3-7-5(4)6(9)10/h3-9H,10H2,1-2H3;1-8,16H;3-6H,1-2H3;3-5H,1-2H3;2-4,9H,1H3;1-3,8H,(H,9,10). The van der Waals surface area contributed by atoms with Crippen LogP contribution in [-0.4, -0.2) is 123 Å². The van der Waals surface area contributed by atoms with Gasteiger partial charge in [0.2, 0.25) is 5.43 Å². The van der Waals surface area contributed by atoms with Crippen molar-refractivity contribution >= 4 is 46.4 Å². The third-order valence-corrected chi connectivity index (χ3v) is 10.6. The van der Waals surface area contributed by atoms with Crippen LogP contribution in [0.25, 0.3) is 22.4 Å². The second-order valence-electron chi connectivity index (χ2n) is 16.0. The van der Waals surface area contributed by atoms with Gasteiger partial charge in [-0.3, -0.25) is 19.2 Å². The van der Waals surface area contributed by atoms with Gasteiger partial charge in [-0.25, -0.2) is 39.3 Å². The highest BCUT2D eigenvalue weighted by atomic mass is 16.5. The number of carboxylic acid groups (broad SMARTS) is 1. The number of esters is 2. The van der Waals surface area contributed by atoms with E-state index >= 15 is 0 Å². The zero-order valence-corrected chi connectivity index (χ0v) is 45.6. The lowest BCUT2D eigenvalue weighted by Crippen LogP contribution is -2.11. The number of methoxy groups -OCH3 is 6. The van der Waals surface area contributed by atoms with Gasteiger partial charge in [-0.05, 0) is 140 Å². The van der Waals surface area contributed by atoms with Gasteiger partial charge in [0.25, 0.3) is 0 Å². The van der Waals surface area contributed by atoms with Gasteiger partial charge in [0.05, 0.1) is 49.1 Å². The van der Waals surface area contributed by atoms with Gasteiger partial charge in [0.15, 0.2) is 51.3 Å². The molecule has 9 aromatic rings. The van der Waals surface area contributed by atoms with Crippen molar-refractivity contribution in [3.63, 3.8) is 0 Å². The average molecular weight is 1130 g/mol. The Balaban J connectivity index is 0.000000219. The highest BCUT2D eigenvalue weighted by Crippen LogP contribution is 2.24. The molecule has 0 aliphatic carbocycles. The number of benzene rings is 3. The summed E-state index contributed by atoms with van der Waals surface area (Å²) in [5, 5.41) is 35.5. The van der Waals surface area contributed by atoms with E-state index < -0.39 is 17.9 Å². The minimum absolute atomic E-state index is 0.0602. The Hall–Kier alpha value is -11.4. The number of rotatable bonds is 13. The first-order valence-corrected chi connectivity index (χ1v) is 24.1. The van der Waals surface area contributed by atoms with Crippen LogP contribution >= 0.6 is 0 Å². The fourth-order valence-electron chi connectivity index (χ4n) is 6.48. The number of carboxylic acids is 1. The zero-order chi connectivity index (χ0) is 60.8. The molecular formula is C60H55N5O18. The predicted octanol–water partition coefficient (Wildman–Crippen LogP) is 8.95. The molecule has 0 amide bonds. The number of carbonyl (C=O) groups is 6. The Labute approximate surface area is 474 Å². The van der Waals surface area contributed by atoms with Crippen molar-refractivity contribution in [1.29, 1.82) is 0 Å². The summed E-state index contributed by atoms with van der Waals surface area (Å²) >= 11 is 0. The van der Waals surface area contributed by atoms with E-state index in [1.54, 1.807) is 137 Å². The van der Waals surface area contributed by atoms with Crippen molar-refractivity contribution in [2.75, 3.05) is 42.7 Å². The predicted molar refractivity (Wildman–Crippen MR) is 300 cm³/mol. The molecule has 0 aliphatic rings. The normalized spacial score (nSPS) is 9.72. The number of pyridine rings is 5. The Morgan fingerprint density at radius 3 is 1.40 bits per heavy atom. The average Bonchev–Trinajstić information content (AvgIpc) is 3.67. The molecule has 0 fully saturated rings. The maximum atomic E-state index is 12.1. The van der Waals surface area contributed by atoms with Crippen molar-refractivity contribution < 1.29 is 82.0 Å². The fourth-order valence-corrected chi connectivity index (χ4v) is 6.48. The largest absolute Gasteiger partial charge is 0.508 e. The van der Waals surface area contributed by atoms with Crippen molar-refractivity contribution in [3.05, 3.63) is 215 Å². The van der Waals surface area contributed by atoms with E-state index in [0.29, 0.717) is 45.2 Å². The first kappa shape index (κ1) is 64.2. The minimum Gasteiger partial charge on any atom is -0.508 e. The second-order valence-corrected chi connectivity index (χ2v) is 16.0.